The van der Waals surface area contributed by atoms with Crippen LogP contribution in [-0.2, 0) is 9.53 Å². The van der Waals surface area contributed by atoms with Crippen molar-refractivity contribution < 1.29 is 9.53 Å². The Morgan fingerprint density at radius 1 is 1.60 bits per heavy atom. The summed E-state index contributed by atoms with van der Waals surface area (Å²) in [6.07, 6.45) is 1.68. The second kappa shape index (κ2) is 6.07. The van der Waals surface area contributed by atoms with Crippen molar-refractivity contribution >= 4 is 39.2 Å². The van der Waals surface area contributed by atoms with Crippen molar-refractivity contribution in [3.8, 4) is 0 Å². The SMILES string of the molecule is CC1CN(C(=O)CSc2ncnc3ccsc23)CCO1. The van der Waals surface area contributed by atoms with Crippen LogP contribution in [0.1, 0.15) is 6.92 Å². The molecule has 0 aliphatic carbocycles. The number of thioether (sulfide) groups is 1. The highest BCUT2D eigenvalue weighted by molar-refractivity contribution is 8.00. The number of carbonyl (C=O) groups excluding carboxylic acids is 1. The van der Waals surface area contributed by atoms with Crippen LogP contribution < -0.4 is 0 Å². The van der Waals surface area contributed by atoms with Crippen molar-refractivity contribution in [2.75, 3.05) is 25.4 Å². The van der Waals surface area contributed by atoms with Crippen LogP contribution in [0, 0.1) is 0 Å². The standard InChI is InChI=1S/C13H15N3O2S2/c1-9-6-16(3-4-18-9)11(17)7-20-13-12-10(2-5-19-12)14-8-15-13/h2,5,8-9H,3-4,6-7H2,1H3. The Hall–Kier alpha value is -1.18. The minimum atomic E-state index is 0.126. The Morgan fingerprint density at radius 3 is 3.35 bits per heavy atom. The molecule has 1 amide bonds. The van der Waals surface area contributed by atoms with Gasteiger partial charge in [-0.1, -0.05) is 11.8 Å². The zero-order valence-corrected chi connectivity index (χ0v) is 12.7. The first kappa shape index (κ1) is 13.8. The van der Waals surface area contributed by atoms with Gasteiger partial charge in [0.15, 0.2) is 0 Å². The topological polar surface area (TPSA) is 55.3 Å². The maximum Gasteiger partial charge on any atom is 0.233 e. The van der Waals surface area contributed by atoms with Crippen LogP contribution in [0.15, 0.2) is 22.8 Å². The van der Waals surface area contributed by atoms with E-state index in [9.17, 15) is 4.79 Å². The molecule has 0 saturated carbocycles. The molecular weight excluding hydrogens is 294 g/mol. The molecule has 0 radical (unpaired) electrons. The molecule has 0 aromatic carbocycles. The predicted molar refractivity (Wildman–Crippen MR) is 80.1 cm³/mol. The molecule has 1 saturated heterocycles. The molecule has 0 N–H and O–H groups in total. The maximum atomic E-state index is 12.2. The van der Waals surface area contributed by atoms with Crippen molar-refractivity contribution in [2.24, 2.45) is 0 Å². The maximum absolute atomic E-state index is 12.2. The highest BCUT2D eigenvalue weighted by Gasteiger charge is 2.21. The number of carbonyl (C=O) groups is 1. The highest BCUT2D eigenvalue weighted by Crippen LogP contribution is 2.28. The summed E-state index contributed by atoms with van der Waals surface area (Å²) < 4.78 is 6.50. The van der Waals surface area contributed by atoms with E-state index in [2.05, 4.69) is 9.97 Å². The number of rotatable bonds is 3. The number of hydrogen-bond acceptors (Lipinski definition) is 6. The third-order valence-corrected chi connectivity index (χ3v) is 5.15. The first-order valence-corrected chi connectivity index (χ1v) is 8.31. The second-order valence-electron chi connectivity index (χ2n) is 4.62. The van der Waals surface area contributed by atoms with E-state index in [0.29, 0.717) is 25.4 Å². The molecule has 2 aromatic heterocycles. The summed E-state index contributed by atoms with van der Waals surface area (Å²) in [7, 11) is 0. The Morgan fingerprint density at radius 2 is 2.50 bits per heavy atom. The van der Waals surface area contributed by atoms with E-state index in [4.69, 9.17) is 4.74 Å². The van der Waals surface area contributed by atoms with E-state index < -0.39 is 0 Å². The summed E-state index contributed by atoms with van der Waals surface area (Å²) in [5, 5.41) is 2.88. The van der Waals surface area contributed by atoms with Gasteiger partial charge in [0.25, 0.3) is 0 Å². The van der Waals surface area contributed by atoms with Gasteiger partial charge in [0, 0.05) is 13.1 Å². The average molecular weight is 309 g/mol. The molecule has 1 aliphatic heterocycles. The van der Waals surface area contributed by atoms with Gasteiger partial charge in [0.2, 0.25) is 5.91 Å². The number of aromatic nitrogens is 2. The molecule has 1 unspecified atom stereocenters. The van der Waals surface area contributed by atoms with Crippen LogP contribution in [0.5, 0.6) is 0 Å². The number of amides is 1. The van der Waals surface area contributed by atoms with Crippen LogP contribution >= 0.6 is 23.1 Å². The Kier molecular flexibility index (Phi) is 4.18. The lowest BCUT2D eigenvalue weighted by Crippen LogP contribution is -2.45. The number of thiophene rings is 1. The summed E-state index contributed by atoms with van der Waals surface area (Å²) in [5.41, 5.74) is 0.944. The lowest BCUT2D eigenvalue weighted by molar-refractivity contribution is -0.135. The third kappa shape index (κ3) is 2.94. The van der Waals surface area contributed by atoms with E-state index in [1.807, 2.05) is 23.3 Å². The van der Waals surface area contributed by atoms with Gasteiger partial charge in [0.05, 0.1) is 28.7 Å². The van der Waals surface area contributed by atoms with Crippen LogP contribution in [0.25, 0.3) is 10.2 Å². The van der Waals surface area contributed by atoms with Gasteiger partial charge in [-0.05, 0) is 18.4 Å². The molecule has 3 rings (SSSR count). The molecule has 5 nitrogen and oxygen atoms in total. The van der Waals surface area contributed by atoms with Crippen LogP contribution in [0.4, 0.5) is 0 Å². The second-order valence-corrected chi connectivity index (χ2v) is 6.50. The fourth-order valence-corrected chi connectivity index (χ4v) is 3.98. The average Bonchev–Trinajstić information content (AvgIpc) is 2.93. The number of morpholine rings is 1. The largest absolute Gasteiger partial charge is 0.375 e. The lowest BCUT2D eigenvalue weighted by atomic mass is 10.3. The Balaban J connectivity index is 1.64. The molecule has 2 aromatic rings. The molecule has 7 heteroatoms. The van der Waals surface area contributed by atoms with Gasteiger partial charge in [-0.25, -0.2) is 9.97 Å². The Bertz CT molecular complexity index is 616. The zero-order valence-electron chi connectivity index (χ0n) is 11.1. The summed E-state index contributed by atoms with van der Waals surface area (Å²) in [6.45, 7) is 3.98. The fraction of sp³-hybridized carbons (Fsp3) is 0.462. The molecule has 1 fully saturated rings. The van der Waals surface area contributed by atoms with Crippen molar-refractivity contribution in [3.05, 3.63) is 17.8 Å². The van der Waals surface area contributed by atoms with Gasteiger partial charge >= 0.3 is 0 Å². The van der Waals surface area contributed by atoms with Gasteiger partial charge in [-0.15, -0.1) is 11.3 Å². The van der Waals surface area contributed by atoms with E-state index in [-0.39, 0.29) is 12.0 Å². The summed E-state index contributed by atoms with van der Waals surface area (Å²) in [5.74, 6) is 0.560. The third-order valence-electron chi connectivity index (χ3n) is 3.14. The summed E-state index contributed by atoms with van der Waals surface area (Å²) >= 11 is 3.10. The molecule has 1 atom stereocenters. The van der Waals surface area contributed by atoms with Crippen LogP contribution in [-0.4, -0.2) is 52.3 Å². The fourth-order valence-electron chi connectivity index (χ4n) is 2.14. The smallest absolute Gasteiger partial charge is 0.233 e. The van der Waals surface area contributed by atoms with Crippen molar-refractivity contribution in [1.29, 1.82) is 0 Å². The molecule has 20 heavy (non-hydrogen) atoms. The monoisotopic (exact) mass is 309 g/mol. The summed E-state index contributed by atoms with van der Waals surface area (Å²) in [4.78, 5) is 22.6. The number of ether oxygens (including phenoxy) is 1. The van der Waals surface area contributed by atoms with Gasteiger partial charge in [-0.3, -0.25) is 4.79 Å². The molecule has 106 valence electrons. The quantitative estimate of drug-likeness (QED) is 0.641. The molecule has 1 aliphatic rings. The zero-order chi connectivity index (χ0) is 13.9. The van der Waals surface area contributed by atoms with Gasteiger partial charge in [0.1, 0.15) is 11.4 Å². The van der Waals surface area contributed by atoms with Gasteiger partial charge < -0.3 is 9.64 Å². The number of nitrogens with zero attached hydrogens (tertiary/aromatic N) is 3. The van der Waals surface area contributed by atoms with Crippen LogP contribution in [0.3, 0.4) is 0 Å². The lowest BCUT2D eigenvalue weighted by Gasteiger charge is -2.31. The van der Waals surface area contributed by atoms with Crippen LogP contribution in [0.2, 0.25) is 0 Å². The van der Waals surface area contributed by atoms with Gasteiger partial charge in [-0.2, -0.15) is 0 Å². The minimum absolute atomic E-state index is 0.126. The molecule has 0 spiro atoms. The highest BCUT2D eigenvalue weighted by atomic mass is 32.2. The Labute approximate surface area is 125 Å². The van der Waals surface area contributed by atoms with Crippen molar-refractivity contribution in [3.63, 3.8) is 0 Å². The number of fused-ring (bicyclic) bond motifs is 1. The molecule has 0 bridgehead atoms. The summed E-state index contributed by atoms with van der Waals surface area (Å²) in [6, 6.07) is 1.97. The first-order chi connectivity index (χ1) is 9.74. The predicted octanol–water partition coefficient (Wildman–Crippen LogP) is 2.03. The number of hydrogen-bond donors (Lipinski definition) is 0. The van der Waals surface area contributed by atoms with E-state index >= 15 is 0 Å². The minimum Gasteiger partial charge on any atom is -0.375 e. The van der Waals surface area contributed by atoms with E-state index in [1.165, 1.54) is 11.8 Å². The van der Waals surface area contributed by atoms with E-state index in [0.717, 1.165) is 15.2 Å². The first-order valence-electron chi connectivity index (χ1n) is 6.44. The van der Waals surface area contributed by atoms with Crippen molar-refractivity contribution in [2.45, 2.75) is 18.1 Å². The van der Waals surface area contributed by atoms with E-state index in [1.54, 1.807) is 17.7 Å². The van der Waals surface area contributed by atoms with Crippen molar-refractivity contribution in [1.82, 2.24) is 14.9 Å². The molecular formula is C13H15N3O2S2. The normalized spacial score (nSPS) is 19.4. The molecule has 3 heterocycles.